The van der Waals surface area contributed by atoms with E-state index in [1.165, 1.54) is 12.4 Å². The number of H-pyrrole nitrogens is 1. The van der Waals surface area contributed by atoms with Crippen molar-refractivity contribution < 1.29 is 18.0 Å². The summed E-state index contributed by atoms with van der Waals surface area (Å²) in [5, 5.41) is 6.52. The maximum absolute atomic E-state index is 12.9. The summed E-state index contributed by atoms with van der Waals surface area (Å²) < 4.78 is 38.8. The van der Waals surface area contributed by atoms with Gasteiger partial charge >= 0.3 is 6.18 Å². The normalized spacial score (nSPS) is 17.0. The fourth-order valence-corrected chi connectivity index (χ4v) is 3.95. The van der Waals surface area contributed by atoms with E-state index in [0.717, 1.165) is 48.4 Å². The van der Waals surface area contributed by atoms with Crippen LogP contribution in [-0.2, 0) is 11.0 Å². The van der Waals surface area contributed by atoms with E-state index < -0.39 is 11.7 Å². The van der Waals surface area contributed by atoms with Crippen molar-refractivity contribution in [2.24, 2.45) is 0 Å². The number of hydrogen-bond acceptors (Lipinski definition) is 5. The SMILES string of the molecule is O=C(CNc1cc(Cl)cc(C(F)(F)F)c1)N[C@@H]1CCCN(c2ncnc3[nH]ccc23)C1. The van der Waals surface area contributed by atoms with Gasteiger partial charge in [0.2, 0.25) is 5.91 Å². The van der Waals surface area contributed by atoms with Crippen molar-refractivity contribution in [3.05, 3.63) is 47.4 Å². The number of nitrogens with zero attached hydrogens (tertiary/aromatic N) is 3. The lowest BCUT2D eigenvalue weighted by Crippen LogP contribution is -2.49. The Morgan fingerprint density at radius 3 is 2.94 bits per heavy atom. The number of carbonyl (C=O) groups excluding carboxylic acids is 1. The van der Waals surface area contributed by atoms with Gasteiger partial charge in [-0.2, -0.15) is 13.2 Å². The zero-order valence-corrected chi connectivity index (χ0v) is 17.1. The number of fused-ring (bicyclic) bond motifs is 1. The molecule has 4 rings (SSSR count). The number of hydrogen-bond donors (Lipinski definition) is 3. The molecule has 0 bridgehead atoms. The summed E-state index contributed by atoms with van der Waals surface area (Å²) in [7, 11) is 0. The average molecular weight is 453 g/mol. The number of carbonyl (C=O) groups is 1. The van der Waals surface area contributed by atoms with Crippen molar-refractivity contribution in [1.82, 2.24) is 20.3 Å². The van der Waals surface area contributed by atoms with Gasteiger partial charge in [0.25, 0.3) is 0 Å². The number of anilines is 2. The lowest BCUT2D eigenvalue weighted by Gasteiger charge is -2.34. The van der Waals surface area contributed by atoms with Crippen LogP contribution in [0.1, 0.15) is 18.4 Å². The van der Waals surface area contributed by atoms with Crippen LogP contribution in [0.2, 0.25) is 5.02 Å². The van der Waals surface area contributed by atoms with Crippen molar-refractivity contribution in [1.29, 1.82) is 0 Å². The number of amides is 1. The first kappa shape index (κ1) is 21.2. The molecule has 1 atom stereocenters. The minimum Gasteiger partial charge on any atom is -0.376 e. The fraction of sp³-hybridized carbons (Fsp3) is 0.350. The molecule has 0 aliphatic carbocycles. The number of nitrogens with one attached hydrogen (secondary N) is 3. The van der Waals surface area contributed by atoms with Gasteiger partial charge in [-0.3, -0.25) is 4.79 Å². The van der Waals surface area contributed by atoms with Gasteiger partial charge in [0.05, 0.1) is 17.5 Å². The number of aromatic nitrogens is 3. The minimum absolute atomic E-state index is 0.0541. The quantitative estimate of drug-likeness (QED) is 0.548. The van der Waals surface area contributed by atoms with E-state index >= 15 is 0 Å². The second kappa shape index (κ2) is 8.62. The topological polar surface area (TPSA) is 85.9 Å². The molecule has 3 N–H and O–H groups in total. The van der Waals surface area contributed by atoms with Crippen LogP contribution in [0.25, 0.3) is 11.0 Å². The molecule has 1 fully saturated rings. The zero-order chi connectivity index (χ0) is 22.0. The Balaban J connectivity index is 1.36. The second-order valence-corrected chi connectivity index (χ2v) is 7.81. The van der Waals surface area contributed by atoms with Gasteiger partial charge in [0.15, 0.2) is 0 Å². The summed E-state index contributed by atoms with van der Waals surface area (Å²) in [5.41, 5.74) is 0.0166. The molecule has 11 heteroatoms. The highest BCUT2D eigenvalue weighted by Gasteiger charge is 2.31. The molecular weight excluding hydrogens is 433 g/mol. The van der Waals surface area contributed by atoms with Crippen LogP contribution in [0, 0.1) is 0 Å². The molecule has 164 valence electrons. The minimum atomic E-state index is -4.51. The first-order valence-corrected chi connectivity index (χ1v) is 10.1. The molecule has 2 aromatic heterocycles. The lowest BCUT2D eigenvalue weighted by molar-refractivity contribution is -0.137. The molecule has 0 spiro atoms. The van der Waals surface area contributed by atoms with Gasteiger partial charge in [-0.15, -0.1) is 0 Å². The maximum Gasteiger partial charge on any atom is 0.416 e. The summed E-state index contributed by atoms with van der Waals surface area (Å²) >= 11 is 5.78. The Bertz CT molecular complexity index is 1090. The van der Waals surface area contributed by atoms with E-state index in [4.69, 9.17) is 11.6 Å². The number of benzene rings is 1. The Kier molecular flexibility index (Phi) is 5.90. The van der Waals surface area contributed by atoms with Crippen molar-refractivity contribution >= 4 is 40.0 Å². The molecule has 7 nitrogen and oxygen atoms in total. The van der Waals surface area contributed by atoms with Crippen molar-refractivity contribution in [3.8, 4) is 0 Å². The molecule has 1 aromatic carbocycles. The number of rotatable bonds is 5. The first-order valence-electron chi connectivity index (χ1n) is 9.73. The summed E-state index contributed by atoms with van der Waals surface area (Å²) in [4.78, 5) is 26.1. The van der Waals surface area contributed by atoms with E-state index in [2.05, 4.69) is 30.5 Å². The number of aromatic amines is 1. The average Bonchev–Trinajstić information content (AvgIpc) is 3.20. The molecule has 0 radical (unpaired) electrons. The highest BCUT2D eigenvalue weighted by Crippen LogP contribution is 2.33. The molecule has 1 amide bonds. The summed E-state index contributed by atoms with van der Waals surface area (Å²) in [6, 6.07) is 4.94. The Hall–Kier alpha value is -3.01. The smallest absolute Gasteiger partial charge is 0.376 e. The largest absolute Gasteiger partial charge is 0.416 e. The first-order chi connectivity index (χ1) is 14.8. The summed E-state index contributed by atoms with van der Waals surface area (Å²) in [6.07, 6.45) is 0.468. The number of alkyl halides is 3. The van der Waals surface area contributed by atoms with Crippen LogP contribution in [0.5, 0.6) is 0 Å². The number of halogens is 4. The molecule has 3 heterocycles. The standard InChI is InChI=1S/C20H20ClF3N6O/c21-13-6-12(20(22,23)24)7-15(8-13)26-9-17(31)29-14-2-1-5-30(10-14)19-16-3-4-25-18(16)27-11-28-19/h3-4,6-8,11,14,26H,1-2,5,9-10H2,(H,29,31)(H,25,27,28)/t14-/m1/s1. The third-order valence-corrected chi connectivity index (χ3v) is 5.32. The van der Waals surface area contributed by atoms with E-state index in [1.54, 1.807) is 6.20 Å². The second-order valence-electron chi connectivity index (χ2n) is 7.37. The molecular formula is C20H20ClF3N6O. The molecule has 0 unspecified atom stereocenters. The molecule has 3 aromatic rings. The predicted octanol–water partition coefficient (Wildman–Crippen LogP) is 3.83. The van der Waals surface area contributed by atoms with Gasteiger partial charge in [-0.1, -0.05) is 11.6 Å². The molecule has 1 aliphatic heterocycles. The molecule has 1 aliphatic rings. The summed E-state index contributed by atoms with van der Waals surface area (Å²) in [6.45, 7) is 1.23. The van der Waals surface area contributed by atoms with Crippen LogP contribution in [0.4, 0.5) is 24.7 Å². The van der Waals surface area contributed by atoms with Crippen LogP contribution in [-0.4, -0.2) is 46.5 Å². The van der Waals surface area contributed by atoms with Crippen LogP contribution < -0.4 is 15.5 Å². The Morgan fingerprint density at radius 2 is 2.13 bits per heavy atom. The summed E-state index contributed by atoms with van der Waals surface area (Å²) in [5.74, 6) is 0.497. The maximum atomic E-state index is 12.9. The van der Waals surface area contributed by atoms with E-state index in [0.29, 0.717) is 6.54 Å². The van der Waals surface area contributed by atoms with Crippen LogP contribution in [0.3, 0.4) is 0 Å². The van der Waals surface area contributed by atoms with E-state index in [9.17, 15) is 18.0 Å². The van der Waals surface area contributed by atoms with Crippen molar-refractivity contribution in [2.75, 3.05) is 29.9 Å². The van der Waals surface area contributed by atoms with E-state index in [1.807, 2.05) is 6.07 Å². The highest BCUT2D eigenvalue weighted by molar-refractivity contribution is 6.31. The molecule has 1 saturated heterocycles. The third-order valence-electron chi connectivity index (χ3n) is 5.10. The Morgan fingerprint density at radius 1 is 1.29 bits per heavy atom. The third kappa shape index (κ3) is 5.01. The van der Waals surface area contributed by atoms with Gasteiger partial charge in [0.1, 0.15) is 17.8 Å². The van der Waals surface area contributed by atoms with Crippen molar-refractivity contribution in [2.45, 2.75) is 25.1 Å². The van der Waals surface area contributed by atoms with Gasteiger partial charge in [0, 0.05) is 36.0 Å². The van der Waals surface area contributed by atoms with Crippen LogP contribution in [0.15, 0.2) is 36.8 Å². The number of piperidine rings is 1. The Labute approximate surface area is 181 Å². The molecule has 31 heavy (non-hydrogen) atoms. The van der Waals surface area contributed by atoms with Crippen molar-refractivity contribution in [3.63, 3.8) is 0 Å². The zero-order valence-electron chi connectivity index (χ0n) is 16.3. The van der Waals surface area contributed by atoms with Crippen LogP contribution >= 0.6 is 11.6 Å². The fourth-order valence-electron chi connectivity index (χ4n) is 3.71. The lowest BCUT2D eigenvalue weighted by atomic mass is 10.1. The van der Waals surface area contributed by atoms with Gasteiger partial charge in [-0.05, 0) is 37.1 Å². The van der Waals surface area contributed by atoms with Gasteiger partial charge < -0.3 is 20.5 Å². The molecule has 0 saturated carbocycles. The monoisotopic (exact) mass is 452 g/mol. The highest BCUT2D eigenvalue weighted by atomic mass is 35.5. The van der Waals surface area contributed by atoms with Gasteiger partial charge in [-0.25, -0.2) is 9.97 Å². The predicted molar refractivity (Wildman–Crippen MR) is 112 cm³/mol. The van der Waals surface area contributed by atoms with E-state index in [-0.39, 0.29) is 29.2 Å².